The SMILES string of the molecule is CC1Cc2ccccc2N1C(C)C(=O)NCC(=O)O. The van der Waals surface area contributed by atoms with E-state index in [1.165, 1.54) is 5.56 Å². The highest BCUT2D eigenvalue weighted by Crippen LogP contribution is 2.33. The normalized spacial score (nSPS) is 18.8. The average molecular weight is 262 g/mol. The molecule has 0 radical (unpaired) electrons. The van der Waals surface area contributed by atoms with E-state index < -0.39 is 5.97 Å². The molecule has 2 atom stereocenters. The first kappa shape index (κ1) is 13.4. The fourth-order valence-electron chi connectivity index (χ4n) is 2.62. The number of aliphatic carboxylic acids is 1. The Morgan fingerprint density at radius 1 is 1.47 bits per heavy atom. The monoisotopic (exact) mass is 262 g/mol. The standard InChI is InChI=1S/C14H18N2O3/c1-9-7-11-5-3-4-6-12(11)16(9)10(2)14(19)15-8-13(17)18/h3-6,9-10H,7-8H2,1-2H3,(H,15,19)(H,17,18). The lowest BCUT2D eigenvalue weighted by Gasteiger charge is -2.30. The lowest BCUT2D eigenvalue weighted by atomic mass is 10.1. The number of nitrogens with one attached hydrogen (secondary N) is 1. The van der Waals surface area contributed by atoms with Crippen LogP contribution in [0.15, 0.2) is 24.3 Å². The molecule has 1 aromatic carbocycles. The number of anilines is 1. The Hall–Kier alpha value is -2.04. The number of hydrogen-bond acceptors (Lipinski definition) is 3. The van der Waals surface area contributed by atoms with Gasteiger partial charge in [-0.1, -0.05) is 18.2 Å². The predicted molar refractivity (Wildman–Crippen MR) is 72.2 cm³/mol. The van der Waals surface area contributed by atoms with Gasteiger partial charge in [-0.2, -0.15) is 0 Å². The molecule has 0 saturated heterocycles. The number of nitrogens with zero attached hydrogens (tertiary/aromatic N) is 1. The molecule has 2 N–H and O–H groups in total. The molecular formula is C14H18N2O3. The fourth-order valence-corrected chi connectivity index (χ4v) is 2.62. The van der Waals surface area contributed by atoms with Gasteiger partial charge in [0.15, 0.2) is 0 Å². The van der Waals surface area contributed by atoms with E-state index in [2.05, 4.69) is 18.3 Å². The van der Waals surface area contributed by atoms with Crippen LogP contribution < -0.4 is 10.2 Å². The minimum atomic E-state index is -1.03. The Bertz CT molecular complexity index is 501. The van der Waals surface area contributed by atoms with E-state index in [0.717, 1.165) is 12.1 Å². The molecule has 2 unspecified atom stereocenters. The maximum Gasteiger partial charge on any atom is 0.322 e. The van der Waals surface area contributed by atoms with Crippen molar-refractivity contribution in [2.24, 2.45) is 0 Å². The molecule has 1 amide bonds. The number of carbonyl (C=O) groups is 2. The molecule has 5 nitrogen and oxygen atoms in total. The van der Waals surface area contributed by atoms with Crippen molar-refractivity contribution in [3.8, 4) is 0 Å². The quantitative estimate of drug-likeness (QED) is 0.850. The zero-order valence-corrected chi connectivity index (χ0v) is 11.1. The first-order chi connectivity index (χ1) is 9.00. The highest BCUT2D eigenvalue weighted by atomic mass is 16.4. The van der Waals surface area contributed by atoms with Crippen molar-refractivity contribution < 1.29 is 14.7 Å². The van der Waals surface area contributed by atoms with Crippen LogP contribution in [0.5, 0.6) is 0 Å². The Morgan fingerprint density at radius 3 is 2.84 bits per heavy atom. The van der Waals surface area contributed by atoms with Gasteiger partial charge in [-0.05, 0) is 31.9 Å². The zero-order chi connectivity index (χ0) is 14.0. The third-order valence-corrected chi connectivity index (χ3v) is 3.47. The van der Waals surface area contributed by atoms with Crippen LogP contribution in [0.4, 0.5) is 5.69 Å². The van der Waals surface area contributed by atoms with Crippen molar-refractivity contribution in [3.63, 3.8) is 0 Å². The highest BCUT2D eigenvalue weighted by molar-refractivity contribution is 5.88. The number of para-hydroxylation sites is 1. The van der Waals surface area contributed by atoms with Gasteiger partial charge in [0.1, 0.15) is 12.6 Å². The molecule has 0 bridgehead atoms. The Balaban J connectivity index is 2.13. The maximum atomic E-state index is 12.0. The third-order valence-electron chi connectivity index (χ3n) is 3.47. The van der Waals surface area contributed by atoms with E-state index in [4.69, 9.17) is 5.11 Å². The topological polar surface area (TPSA) is 69.6 Å². The van der Waals surface area contributed by atoms with Crippen LogP contribution in [0.2, 0.25) is 0 Å². The number of carboxylic acid groups (broad SMARTS) is 1. The van der Waals surface area contributed by atoms with Crippen molar-refractivity contribution >= 4 is 17.6 Å². The van der Waals surface area contributed by atoms with Crippen molar-refractivity contribution in [2.45, 2.75) is 32.4 Å². The molecule has 19 heavy (non-hydrogen) atoms. The minimum Gasteiger partial charge on any atom is -0.480 e. The molecular weight excluding hydrogens is 244 g/mol. The van der Waals surface area contributed by atoms with Crippen LogP contribution in [-0.4, -0.2) is 35.6 Å². The summed E-state index contributed by atoms with van der Waals surface area (Å²) in [6, 6.07) is 7.87. The second kappa shape index (κ2) is 5.30. The molecule has 1 aliphatic rings. The number of hydrogen-bond donors (Lipinski definition) is 2. The summed E-state index contributed by atoms with van der Waals surface area (Å²) in [7, 11) is 0. The van der Waals surface area contributed by atoms with Crippen molar-refractivity contribution in [1.82, 2.24) is 5.32 Å². The first-order valence-corrected chi connectivity index (χ1v) is 6.36. The van der Waals surface area contributed by atoms with Crippen LogP contribution in [0.1, 0.15) is 19.4 Å². The summed E-state index contributed by atoms with van der Waals surface area (Å²) in [4.78, 5) is 24.5. The van der Waals surface area contributed by atoms with Crippen molar-refractivity contribution in [3.05, 3.63) is 29.8 Å². The van der Waals surface area contributed by atoms with E-state index in [1.807, 2.05) is 23.1 Å². The molecule has 2 rings (SSSR count). The van der Waals surface area contributed by atoms with Gasteiger partial charge in [-0.15, -0.1) is 0 Å². The molecule has 1 aromatic rings. The van der Waals surface area contributed by atoms with Gasteiger partial charge in [0, 0.05) is 11.7 Å². The molecule has 5 heteroatoms. The molecule has 0 fully saturated rings. The van der Waals surface area contributed by atoms with Crippen molar-refractivity contribution in [1.29, 1.82) is 0 Å². The summed E-state index contributed by atoms with van der Waals surface area (Å²) < 4.78 is 0. The van der Waals surface area contributed by atoms with Gasteiger partial charge < -0.3 is 15.3 Å². The average Bonchev–Trinajstić information content (AvgIpc) is 2.70. The lowest BCUT2D eigenvalue weighted by Crippen LogP contribution is -2.48. The first-order valence-electron chi connectivity index (χ1n) is 6.36. The maximum absolute atomic E-state index is 12.0. The van der Waals surface area contributed by atoms with Gasteiger partial charge in [-0.3, -0.25) is 9.59 Å². The molecule has 0 aromatic heterocycles. The number of amides is 1. The zero-order valence-electron chi connectivity index (χ0n) is 11.1. The fraction of sp³-hybridized carbons (Fsp3) is 0.429. The highest BCUT2D eigenvalue weighted by Gasteiger charge is 2.32. The van der Waals surface area contributed by atoms with Crippen LogP contribution in [0.3, 0.4) is 0 Å². The van der Waals surface area contributed by atoms with E-state index in [1.54, 1.807) is 6.92 Å². The van der Waals surface area contributed by atoms with Gasteiger partial charge in [0.05, 0.1) is 0 Å². The van der Waals surface area contributed by atoms with Gasteiger partial charge >= 0.3 is 5.97 Å². The summed E-state index contributed by atoms with van der Waals surface area (Å²) in [5, 5.41) is 11.0. The second-order valence-corrected chi connectivity index (χ2v) is 4.88. The van der Waals surface area contributed by atoms with Crippen LogP contribution in [-0.2, 0) is 16.0 Å². The van der Waals surface area contributed by atoms with Crippen LogP contribution >= 0.6 is 0 Å². The summed E-state index contributed by atoms with van der Waals surface area (Å²) in [5.74, 6) is -1.29. The van der Waals surface area contributed by atoms with E-state index in [-0.39, 0.29) is 24.5 Å². The summed E-state index contributed by atoms with van der Waals surface area (Å²) >= 11 is 0. The van der Waals surface area contributed by atoms with Crippen LogP contribution in [0, 0.1) is 0 Å². The summed E-state index contributed by atoms with van der Waals surface area (Å²) in [6.07, 6.45) is 0.909. The number of benzene rings is 1. The van der Waals surface area contributed by atoms with Gasteiger partial charge in [0.25, 0.3) is 0 Å². The molecule has 1 heterocycles. The Labute approximate surface area is 112 Å². The van der Waals surface area contributed by atoms with E-state index >= 15 is 0 Å². The Morgan fingerprint density at radius 2 is 2.16 bits per heavy atom. The number of carboxylic acids is 1. The predicted octanol–water partition coefficient (Wildman–Crippen LogP) is 1.03. The van der Waals surface area contributed by atoms with Gasteiger partial charge in [-0.25, -0.2) is 0 Å². The number of rotatable bonds is 4. The smallest absolute Gasteiger partial charge is 0.322 e. The largest absolute Gasteiger partial charge is 0.480 e. The molecule has 0 aliphatic carbocycles. The minimum absolute atomic E-state index is 0.239. The number of fused-ring (bicyclic) bond motifs is 1. The van der Waals surface area contributed by atoms with Crippen molar-refractivity contribution in [2.75, 3.05) is 11.4 Å². The second-order valence-electron chi connectivity index (χ2n) is 4.88. The van der Waals surface area contributed by atoms with Gasteiger partial charge in [0.2, 0.25) is 5.91 Å². The third kappa shape index (κ3) is 2.70. The van der Waals surface area contributed by atoms with E-state index in [0.29, 0.717) is 0 Å². The number of carbonyl (C=O) groups excluding carboxylic acids is 1. The molecule has 102 valence electrons. The van der Waals surface area contributed by atoms with Crippen LogP contribution in [0.25, 0.3) is 0 Å². The molecule has 0 saturated carbocycles. The summed E-state index contributed by atoms with van der Waals surface area (Å²) in [5.41, 5.74) is 2.29. The van der Waals surface area contributed by atoms with E-state index in [9.17, 15) is 9.59 Å². The summed E-state index contributed by atoms with van der Waals surface area (Å²) in [6.45, 7) is 3.53. The molecule has 1 aliphatic heterocycles. The Kier molecular flexibility index (Phi) is 3.74. The lowest BCUT2D eigenvalue weighted by molar-refractivity contribution is -0.138. The molecule has 0 spiro atoms.